The quantitative estimate of drug-likeness (QED) is 0.458. The zero-order valence-electron chi connectivity index (χ0n) is 17.1. The third-order valence-electron chi connectivity index (χ3n) is 4.97. The molecule has 0 radical (unpaired) electrons. The summed E-state index contributed by atoms with van der Waals surface area (Å²) in [4.78, 5) is 32.4. The molecule has 5 nitrogen and oxygen atoms in total. The number of anilines is 1. The van der Waals surface area contributed by atoms with Crippen molar-refractivity contribution in [3.05, 3.63) is 86.8 Å². The third-order valence-corrected chi connectivity index (χ3v) is 6.02. The molecular weight excluding hydrogens is 382 g/mol. The Morgan fingerprint density at radius 3 is 2.52 bits per heavy atom. The summed E-state index contributed by atoms with van der Waals surface area (Å²) in [6.07, 6.45) is -0.0132. The molecule has 0 aliphatic carbocycles. The number of carbonyl (C=O) groups is 1. The molecule has 0 saturated heterocycles. The molecule has 1 amide bonds. The van der Waals surface area contributed by atoms with Crippen molar-refractivity contribution in [1.29, 1.82) is 0 Å². The summed E-state index contributed by atoms with van der Waals surface area (Å²) in [6.45, 7) is 7.80. The second kappa shape index (κ2) is 9.09. The Labute approximate surface area is 175 Å². The van der Waals surface area contributed by atoms with Crippen LogP contribution in [-0.2, 0) is 11.2 Å². The molecule has 0 aliphatic heterocycles. The van der Waals surface area contributed by atoms with Crippen molar-refractivity contribution in [2.24, 2.45) is 0 Å². The molecule has 0 saturated carbocycles. The Hall–Kier alpha value is -2.86. The van der Waals surface area contributed by atoms with E-state index in [-0.39, 0.29) is 23.1 Å². The normalized spacial score (nSPS) is 11.9. The summed E-state index contributed by atoms with van der Waals surface area (Å²) in [7, 11) is 0. The van der Waals surface area contributed by atoms with Gasteiger partial charge in [0, 0.05) is 22.2 Å². The minimum Gasteiger partial charge on any atom is -0.326 e. The lowest BCUT2D eigenvalue weighted by molar-refractivity contribution is -0.115. The Morgan fingerprint density at radius 1 is 1.10 bits per heavy atom. The van der Waals surface area contributed by atoms with Gasteiger partial charge in [-0.1, -0.05) is 54.2 Å². The standard InChI is InChI=1S/C23H25N3O2S/c1-14-9-8-12-20(15(14)2)25-21(27)13-19-16(3)24-23(26-22(19)28)29-17(4)18-10-6-5-7-11-18/h5-12,17H,13H2,1-4H3,(H,25,27)(H,24,26,28). The van der Waals surface area contributed by atoms with Crippen molar-refractivity contribution in [2.45, 2.75) is 44.5 Å². The zero-order chi connectivity index (χ0) is 21.0. The Kier molecular flexibility index (Phi) is 6.54. The number of rotatable bonds is 6. The summed E-state index contributed by atoms with van der Waals surface area (Å²) >= 11 is 1.49. The molecule has 3 aromatic rings. The van der Waals surface area contributed by atoms with E-state index in [1.807, 2.05) is 50.2 Å². The van der Waals surface area contributed by atoms with Crippen LogP contribution in [-0.4, -0.2) is 15.9 Å². The molecule has 2 aromatic carbocycles. The van der Waals surface area contributed by atoms with Gasteiger partial charge in [-0.05, 0) is 50.5 Å². The van der Waals surface area contributed by atoms with Gasteiger partial charge in [0.05, 0.1) is 6.42 Å². The van der Waals surface area contributed by atoms with Crippen LogP contribution in [0.15, 0.2) is 58.5 Å². The molecule has 0 spiro atoms. The molecule has 1 aromatic heterocycles. The van der Waals surface area contributed by atoms with Gasteiger partial charge >= 0.3 is 0 Å². The van der Waals surface area contributed by atoms with E-state index in [9.17, 15) is 9.59 Å². The molecule has 3 rings (SSSR count). The number of aromatic nitrogens is 2. The minimum atomic E-state index is -0.267. The number of nitrogens with one attached hydrogen (secondary N) is 2. The van der Waals surface area contributed by atoms with Gasteiger partial charge in [-0.2, -0.15) is 0 Å². The molecule has 150 valence electrons. The number of benzene rings is 2. The van der Waals surface area contributed by atoms with Gasteiger partial charge in [0.1, 0.15) is 0 Å². The molecule has 0 fully saturated rings. The first-order valence-corrected chi connectivity index (χ1v) is 10.4. The third kappa shape index (κ3) is 5.15. The first-order valence-electron chi connectivity index (χ1n) is 9.52. The number of aromatic amines is 1. The molecule has 0 bridgehead atoms. The van der Waals surface area contributed by atoms with Crippen LogP contribution < -0.4 is 10.9 Å². The van der Waals surface area contributed by atoms with Gasteiger partial charge < -0.3 is 10.3 Å². The van der Waals surface area contributed by atoms with Gasteiger partial charge in [-0.25, -0.2) is 4.98 Å². The number of hydrogen-bond acceptors (Lipinski definition) is 4. The first kappa shape index (κ1) is 20.9. The number of aryl methyl sites for hydroxylation is 2. The minimum absolute atomic E-state index is 0.0132. The Balaban J connectivity index is 1.73. The van der Waals surface area contributed by atoms with E-state index in [0.717, 1.165) is 22.4 Å². The maximum absolute atomic E-state index is 12.6. The van der Waals surface area contributed by atoms with E-state index < -0.39 is 0 Å². The summed E-state index contributed by atoms with van der Waals surface area (Å²) in [6, 6.07) is 15.8. The summed E-state index contributed by atoms with van der Waals surface area (Å²) in [5.74, 6) is -0.229. The van der Waals surface area contributed by atoms with E-state index in [1.54, 1.807) is 6.92 Å². The number of thioether (sulfide) groups is 1. The van der Waals surface area contributed by atoms with Gasteiger partial charge in [0.25, 0.3) is 5.56 Å². The van der Waals surface area contributed by atoms with Crippen molar-refractivity contribution < 1.29 is 4.79 Å². The summed E-state index contributed by atoms with van der Waals surface area (Å²) in [5, 5.41) is 3.61. The Bertz CT molecular complexity index is 1080. The number of hydrogen-bond donors (Lipinski definition) is 2. The van der Waals surface area contributed by atoms with E-state index in [2.05, 4.69) is 34.3 Å². The average molecular weight is 408 g/mol. The highest BCUT2D eigenvalue weighted by molar-refractivity contribution is 7.99. The molecule has 1 heterocycles. The lowest BCUT2D eigenvalue weighted by Crippen LogP contribution is -2.24. The smallest absolute Gasteiger partial charge is 0.255 e. The van der Waals surface area contributed by atoms with Crippen LogP contribution in [0, 0.1) is 20.8 Å². The average Bonchev–Trinajstić information content (AvgIpc) is 2.69. The van der Waals surface area contributed by atoms with Crippen molar-refractivity contribution in [3.8, 4) is 0 Å². The predicted octanol–water partition coefficient (Wildman–Crippen LogP) is 4.73. The van der Waals surface area contributed by atoms with E-state index in [4.69, 9.17) is 0 Å². The second-order valence-corrected chi connectivity index (χ2v) is 8.41. The number of nitrogens with zero attached hydrogens (tertiary/aromatic N) is 1. The van der Waals surface area contributed by atoms with Crippen LogP contribution in [0.25, 0.3) is 0 Å². The first-order chi connectivity index (χ1) is 13.8. The molecule has 2 N–H and O–H groups in total. The number of H-pyrrole nitrogens is 1. The SMILES string of the molecule is Cc1cccc(NC(=O)Cc2c(C)nc(SC(C)c3ccccc3)[nH]c2=O)c1C. The van der Waals surface area contributed by atoms with Crippen LogP contribution in [0.4, 0.5) is 5.69 Å². The fourth-order valence-corrected chi connectivity index (χ4v) is 4.02. The fraction of sp³-hybridized carbons (Fsp3) is 0.261. The van der Waals surface area contributed by atoms with Crippen LogP contribution in [0.3, 0.4) is 0 Å². The highest BCUT2D eigenvalue weighted by Gasteiger charge is 2.16. The Morgan fingerprint density at radius 2 is 1.83 bits per heavy atom. The zero-order valence-corrected chi connectivity index (χ0v) is 17.9. The lowest BCUT2D eigenvalue weighted by atomic mass is 10.1. The number of amides is 1. The molecule has 1 atom stereocenters. The molecular formula is C23H25N3O2S. The highest BCUT2D eigenvalue weighted by Crippen LogP contribution is 2.32. The monoisotopic (exact) mass is 407 g/mol. The predicted molar refractivity (Wildman–Crippen MR) is 119 cm³/mol. The largest absolute Gasteiger partial charge is 0.326 e. The topological polar surface area (TPSA) is 74.8 Å². The van der Waals surface area contributed by atoms with Crippen molar-refractivity contribution in [3.63, 3.8) is 0 Å². The lowest BCUT2D eigenvalue weighted by Gasteiger charge is -2.13. The van der Waals surface area contributed by atoms with Crippen molar-refractivity contribution in [1.82, 2.24) is 9.97 Å². The highest BCUT2D eigenvalue weighted by atomic mass is 32.2. The summed E-state index contributed by atoms with van der Waals surface area (Å²) < 4.78 is 0. The maximum Gasteiger partial charge on any atom is 0.255 e. The maximum atomic E-state index is 12.6. The van der Waals surface area contributed by atoms with Crippen molar-refractivity contribution >= 4 is 23.4 Å². The fourth-order valence-electron chi connectivity index (χ4n) is 3.05. The molecule has 1 unspecified atom stereocenters. The van der Waals surface area contributed by atoms with E-state index in [0.29, 0.717) is 16.4 Å². The van der Waals surface area contributed by atoms with Gasteiger partial charge in [0.2, 0.25) is 5.91 Å². The molecule has 0 aliphatic rings. The van der Waals surface area contributed by atoms with Crippen molar-refractivity contribution in [2.75, 3.05) is 5.32 Å². The molecule has 29 heavy (non-hydrogen) atoms. The van der Waals surface area contributed by atoms with E-state index >= 15 is 0 Å². The number of carbonyl (C=O) groups excluding carboxylic acids is 1. The van der Waals surface area contributed by atoms with Crippen LogP contribution in [0.1, 0.15) is 40.1 Å². The summed E-state index contributed by atoms with van der Waals surface area (Å²) in [5.41, 5.74) is 4.75. The van der Waals surface area contributed by atoms with Crippen LogP contribution in [0.2, 0.25) is 0 Å². The van der Waals surface area contributed by atoms with Gasteiger partial charge in [-0.15, -0.1) is 0 Å². The van der Waals surface area contributed by atoms with Gasteiger partial charge in [-0.3, -0.25) is 9.59 Å². The second-order valence-electron chi connectivity index (χ2n) is 7.08. The van der Waals surface area contributed by atoms with E-state index in [1.165, 1.54) is 11.8 Å². The van der Waals surface area contributed by atoms with Gasteiger partial charge in [0.15, 0.2) is 5.16 Å². The van der Waals surface area contributed by atoms with Crippen LogP contribution >= 0.6 is 11.8 Å². The van der Waals surface area contributed by atoms with Crippen LogP contribution in [0.5, 0.6) is 0 Å². The molecule has 6 heteroatoms.